The zero-order chi connectivity index (χ0) is 9.90. The van der Waals surface area contributed by atoms with Crippen LogP contribution in [0.3, 0.4) is 0 Å². The van der Waals surface area contributed by atoms with E-state index in [9.17, 15) is 13.2 Å². The molecule has 13 heavy (non-hydrogen) atoms. The van der Waals surface area contributed by atoms with Crippen molar-refractivity contribution in [2.45, 2.75) is 32.5 Å². The summed E-state index contributed by atoms with van der Waals surface area (Å²) in [6, 6.07) is 0. The van der Waals surface area contributed by atoms with E-state index in [1.807, 2.05) is 6.92 Å². The number of nitrogens with zero attached hydrogens (tertiary/aromatic N) is 4. The third-order valence-corrected chi connectivity index (χ3v) is 1.51. The summed E-state index contributed by atoms with van der Waals surface area (Å²) in [4.78, 5) is 0. The van der Waals surface area contributed by atoms with Crippen LogP contribution in [0.15, 0.2) is 0 Å². The van der Waals surface area contributed by atoms with Crippen molar-refractivity contribution in [1.82, 2.24) is 20.2 Å². The Kier molecular flexibility index (Phi) is 2.84. The number of hydrogen-bond donors (Lipinski definition) is 0. The van der Waals surface area contributed by atoms with Gasteiger partial charge in [0.15, 0.2) is 0 Å². The van der Waals surface area contributed by atoms with Gasteiger partial charge in [-0.1, -0.05) is 13.3 Å². The molecule has 0 saturated heterocycles. The highest BCUT2D eigenvalue weighted by molar-refractivity contribution is 4.86. The Morgan fingerprint density at radius 1 is 1.38 bits per heavy atom. The van der Waals surface area contributed by atoms with Crippen molar-refractivity contribution in [3.63, 3.8) is 0 Å². The highest BCUT2D eigenvalue weighted by atomic mass is 19.4. The maximum atomic E-state index is 12.1. The van der Waals surface area contributed by atoms with Gasteiger partial charge in [-0.25, -0.2) is 4.68 Å². The van der Waals surface area contributed by atoms with Crippen molar-refractivity contribution in [2.24, 2.45) is 0 Å². The van der Waals surface area contributed by atoms with Gasteiger partial charge in [0.05, 0.1) is 0 Å². The number of halogens is 3. The maximum Gasteiger partial charge on any atom is 0.453 e. The molecule has 0 spiro atoms. The average Bonchev–Trinajstić information content (AvgIpc) is 2.47. The Bertz CT molecular complexity index is 267. The lowest BCUT2D eigenvalue weighted by Crippen LogP contribution is -2.16. The first-order chi connectivity index (χ1) is 6.05. The largest absolute Gasteiger partial charge is 0.453 e. The minimum Gasteiger partial charge on any atom is -0.222 e. The van der Waals surface area contributed by atoms with Crippen molar-refractivity contribution in [3.8, 4) is 0 Å². The lowest BCUT2D eigenvalue weighted by Gasteiger charge is -2.05. The molecule has 0 aliphatic heterocycles. The Morgan fingerprint density at radius 2 is 2.08 bits per heavy atom. The van der Waals surface area contributed by atoms with E-state index in [1.54, 1.807) is 0 Å². The Morgan fingerprint density at radius 3 is 2.62 bits per heavy atom. The Balaban J connectivity index is 2.77. The van der Waals surface area contributed by atoms with Crippen LogP contribution in [-0.2, 0) is 12.7 Å². The molecule has 0 aliphatic rings. The second kappa shape index (κ2) is 3.71. The van der Waals surface area contributed by atoms with E-state index in [2.05, 4.69) is 15.5 Å². The monoisotopic (exact) mass is 194 g/mol. The zero-order valence-electron chi connectivity index (χ0n) is 7.04. The fourth-order valence-corrected chi connectivity index (χ4v) is 0.866. The maximum absolute atomic E-state index is 12.1. The molecule has 0 atom stereocenters. The van der Waals surface area contributed by atoms with Gasteiger partial charge < -0.3 is 0 Å². The van der Waals surface area contributed by atoms with Crippen LogP contribution in [0.5, 0.6) is 0 Å². The van der Waals surface area contributed by atoms with Gasteiger partial charge in [-0.05, 0) is 16.8 Å². The van der Waals surface area contributed by atoms with Crippen molar-refractivity contribution >= 4 is 0 Å². The van der Waals surface area contributed by atoms with Crippen LogP contribution in [-0.4, -0.2) is 20.2 Å². The van der Waals surface area contributed by atoms with E-state index in [-0.39, 0.29) is 6.54 Å². The second-order valence-corrected chi connectivity index (χ2v) is 2.58. The fourth-order valence-electron chi connectivity index (χ4n) is 0.866. The number of rotatable bonds is 3. The summed E-state index contributed by atoms with van der Waals surface area (Å²) in [5.74, 6) is -1.03. The first-order valence-electron chi connectivity index (χ1n) is 3.89. The van der Waals surface area contributed by atoms with Crippen molar-refractivity contribution < 1.29 is 13.2 Å². The van der Waals surface area contributed by atoms with E-state index in [0.717, 1.165) is 11.1 Å². The van der Waals surface area contributed by atoms with E-state index in [0.29, 0.717) is 6.42 Å². The van der Waals surface area contributed by atoms with Crippen LogP contribution >= 0.6 is 0 Å². The van der Waals surface area contributed by atoms with Gasteiger partial charge in [-0.3, -0.25) is 0 Å². The van der Waals surface area contributed by atoms with E-state index in [4.69, 9.17) is 0 Å². The molecular weight excluding hydrogens is 185 g/mol. The zero-order valence-corrected chi connectivity index (χ0v) is 7.04. The molecule has 0 saturated carbocycles. The highest BCUT2D eigenvalue weighted by Crippen LogP contribution is 2.26. The molecule has 0 aromatic carbocycles. The van der Waals surface area contributed by atoms with Crippen LogP contribution in [0.4, 0.5) is 13.2 Å². The van der Waals surface area contributed by atoms with Crippen molar-refractivity contribution in [2.75, 3.05) is 0 Å². The minimum atomic E-state index is -4.46. The SMILES string of the molecule is CCCCn1nnnc1C(F)(F)F. The normalized spacial score (nSPS) is 12.0. The molecule has 1 heterocycles. The molecule has 0 fully saturated rings. The lowest BCUT2D eigenvalue weighted by molar-refractivity contribution is -0.148. The van der Waals surface area contributed by atoms with Crippen LogP contribution < -0.4 is 0 Å². The molecule has 4 nitrogen and oxygen atoms in total. The number of hydrogen-bond acceptors (Lipinski definition) is 3. The summed E-state index contributed by atoms with van der Waals surface area (Å²) in [5, 5.41) is 9.16. The van der Waals surface area contributed by atoms with Gasteiger partial charge in [0, 0.05) is 6.54 Å². The van der Waals surface area contributed by atoms with Crippen LogP contribution in [0.2, 0.25) is 0 Å². The predicted octanol–water partition coefficient (Wildman–Crippen LogP) is 1.49. The van der Waals surface area contributed by atoms with Gasteiger partial charge in [0.25, 0.3) is 5.82 Å². The van der Waals surface area contributed by atoms with E-state index < -0.39 is 12.0 Å². The third kappa shape index (κ3) is 2.40. The van der Waals surface area contributed by atoms with Gasteiger partial charge in [0.2, 0.25) is 0 Å². The number of aromatic nitrogens is 4. The number of unbranched alkanes of at least 4 members (excludes halogenated alkanes) is 1. The van der Waals surface area contributed by atoms with Gasteiger partial charge in [0.1, 0.15) is 0 Å². The van der Waals surface area contributed by atoms with Gasteiger partial charge >= 0.3 is 6.18 Å². The molecule has 7 heteroatoms. The molecule has 0 aliphatic carbocycles. The second-order valence-electron chi connectivity index (χ2n) is 2.58. The molecule has 0 amide bonds. The van der Waals surface area contributed by atoms with E-state index >= 15 is 0 Å². The number of aryl methyl sites for hydroxylation is 1. The summed E-state index contributed by atoms with van der Waals surface area (Å²) in [5.41, 5.74) is 0. The molecule has 1 rings (SSSR count). The summed E-state index contributed by atoms with van der Waals surface area (Å²) in [6.07, 6.45) is -3.03. The molecule has 74 valence electrons. The summed E-state index contributed by atoms with van der Waals surface area (Å²) in [7, 11) is 0. The summed E-state index contributed by atoms with van der Waals surface area (Å²) >= 11 is 0. The molecule has 1 aromatic heterocycles. The standard InChI is InChI=1S/C6H9F3N4/c1-2-3-4-13-5(6(7,8)9)10-11-12-13/h2-4H2,1H3. The summed E-state index contributed by atoms with van der Waals surface area (Å²) < 4.78 is 37.2. The number of tetrazole rings is 1. The van der Waals surface area contributed by atoms with Crippen molar-refractivity contribution in [1.29, 1.82) is 0 Å². The van der Waals surface area contributed by atoms with Crippen molar-refractivity contribution in [3.05, 3.63) is 5.82 Å². The van der Waals surface area contributed by atoms with Gasteiger partial charge in [-0.2, -0.15) is 13.2 Å². The van der Waals surface area contributed by atoms with E-state index in [1.165, 1.54) is 0 Å². The first-order valence-corrected chi connectivity index (χ1v) is 3.89. The minimum absolute atomic E-state index is 0.207. The lowest BCUT2D eigenvalue weighted by atomic mass is 10.3. The predicted molar refractivity (Wildman–Crippen MR) is 37.7 cm³/mol. The topological polar surface area (TPSA) is 43.6 Å². The first kappa shape index (κ1) is 9.94. The fraction of sp³-hybridized carbons (Fsp3) is 0.833. The summed E-state index contributed by atoms with van der Waals surface area (Å²) in [6.45, 7) is 2.09. The van der Waals surface area contributed by atoms with Crippen LogP contribution in [0.1, 0.15) is 25.6 Å². The highest BCUT2D eigenvalue weighted by Gasteiger charge is 2.37. The molecule has 0 unspecified atom stereocenters. The molecule has 0 N–H and O–H groups in total. The Hall–Kier alpha value is -1.14. The quantitative estimate of drug-likeness (QED) is 0.732. The van der Waals surface area contributed by atoms with Crippen LogP contribution in [0.25, 0.3) is 0 Å². The third-order valence-electron chi connectivity index (χ3n) is 1.51. The Labute approximate surface area is 72.7 Å². The average molecular weight is 194 g/mol. The molecule has 1 aromatic rings. The molecule has 0 bridgehead atoms. The smallest absolute Gasteiger partial charge is 0.222 e. The number of alkyl halides is 3. The van der Waals surface area contributed by atoms with Crippen LogP contribution in [0, 0.1) is 0 Å². The molecular formula is C6H9F3N4. The molecule has 0 radical (unpaired) electrons. The van der Waals surface area contributed by atoms with Gasteiger partial charge in [-0.15, -0.1) is 5.10 Å².